The third kappa shape index (κ3) is 0.778. The summed E-state index contributed by atoms with van der Waals surface area (Å²) in [5.41, 5.74) is -0.0139. The Morgan fingerprint density at radius 2 is 2.22 bits per heavy atom. The largest absolute Gasteiger partial charge is 0.337 e. The van der Waals surface area contributed by atoms with Crippen molar-refractivity contribution in [2.45, 2.75) is 25.8 Å². The highest BCUT2D eigenvalue weighted by Crippen LogP contribution is 2.39. The summed E-state index contributed by atoms with van der Waals surface area (Å²) >= 11 is 0. The monoisotopic (exact) mass is 128 g/mol. The van der Waals surface area contributed by atoms with Crippen molar-refractivity contribution in [2.24, 2.45) is 5.92 Å². The number of Topliss-reactive ketones (excluding diaryl/α,β-unsaturated/α-hetero) is 1. The average molecular weight is 128 g/mol. The van der Waals surface area contributed by atoms with Crippen LogP contribution in [0.15, 0.2) is 0 Å². The molecule has 2 atom stereocenters. The first kappa shape index (κ1) is 6.75. The van der Waals surface area contributed by atoms with Crippen molar-refractivity contribution in [3.63, 3.8) is 0 Å². The van der Waals surface area contributed by atoms with E-state index in [9.17, 15) is 4.79 Å². The molecular formula is C7H14NO+. The molecule has 0 aliphatic heterocycles. The SMILES string of the molecule is C[NH2+]C1(C(C)=O)CC1C. The lowest BCUT2D eigenvalue weighted by Crippen LogP contribution is -2.91. The molecule has 1 fully saturated rings. The average Bonchev–Trinajstić information content (AvgIpc) is 2.43. The molecule has 0 aromatic rings. The fourth-order valence-electron chi connectivity index (χ4n) is 1.54. The summed E-state index contributed by atoms with van der Waals surface area (Å²) in [5.74, 6) is 0.928. The lowest BCUT2D eigenvalue weighted by molar-refractivity contribution is -0.666. The van der Waals surface area contributed by atoms with Crippen LogP contribution < -0.4 is 5.32 Å². The third-order valence-electron chi connectivity index (χ3n) is 2.53. The second-order valence-electron chi connectivity index (χ2n) is 2.99. The zero-order valence-corrected chi connectivity index (χ0v) is 6.27. The second kappa shape index (κ2) is 1.81. The molecule has 0 aromatic heterocycles. The number of carbonyl (C=O) groups is 1. The number of likely N-dealkylation sites (N-methyl/N-ethyl adjacent to an activating group) is 1. The Labute approximate surface area is 55.6 Å². The van der Waals surface area contributed by atoms with Crippen LogP contribution in [0.2, 0.25) is 0 Å². The Kier molecular flexibility index (Phi) is 1.35. The Bertz CT molecular complexity index is 140. The first-order valence-corrected chi connectivity index (χ1v) is 3.45. The Morgan fingerprint density at radius 3 is 2.22 bits per heavy atom. The molecule has 52 valence electrons. The summed E-state index contributed by atoms with van der Waals surface area (Å²) in [6.07, 6.45) is 1.07. The van der Waals surface area contributed by atoms with Gasteiger partial charge in [0, 0.05) is 19.3 Å². The number of quaternary nitrogens is 1. The predicted octanol–water partition coefficient (Wildman–Crippen LogP) is -0.453. The smallest absolute Gasteiger partial charge is 0.190 e. The van der Waals surface area contributed by atoms with E-state index in [2.05, 4.69) is 6.92 Å². The van der Waals surface area contributed by atoms with Crippen LogP contribution in [0.5, 0.6) is 0 Å². The number of nitrogens with two attached hydrogens (primary N) is 1. The van der Waals surface area contributed by atoms with Crippen molar-refractivity contribution in [3.05, 3.63) is 0 Å². The van der Waals surface area contributed by atoms with E-state index >= 15 is 0 Å². The van der Waals surface area contributed by atoms with Crippen LogP contribution in [0.4, 0.5) is 0 Å². The van der Waals surface area contributed by atoms with Crippen molar-refractivity contribution < 1.29 is 10.1 Å². The number of hydrogen-bond donors (Lipinski definition) is 1. The predicted molar refractivity (Wildman–Crippen MR) is 35.0 cm³/mol. The van der Waals surface area contributed by atoms with Gasteiger partial charge in [0.05, 0.1) is 7.05 Å². The molecular weight excluding hydrogens is 114 g/mol. The summed E-state index contributed by atoms with van der Waals surface area (Å²) in [7, 11) is 1.98. The fraction of sp³-hybridized carbons (Fsp3) is 0.857. The normalized spacial score (nSPS) is 40.6. The Morgan fingerprint density at radius 1 is 1.78 bits per heavy atom. The molecule has 0 amide bonds. The van der Waals surface area contributed by atoms with Gasteiger partial charge in [-0.2, -0.15) is 0 Å². The van der Waals surface area contributed by atoms with Gasteiger partial charge in [0.2, 0.25) is 0 Å². The summed E-state index contributed by atoms with van der Waals surface area (Å²) in [5, 5.41) is 2.04. The molecule has 2 heteroatoms. The van der Waals surface area contributed by atoms with E-state index in [4.69, 9.17) is 0 Å². The van der Waals surface area contributed by atoms with Gasteiger partial charge in [-0.15, -0.1) is 0 Å². The zero-order chi connectivity index (χ0) is 7.07. The van der Waals surface area contributed by atoms with E-state index in [1.165, 1.54) is 0 Å². The molecule has 0 spiro atoms. The molecule has 1 aliphatic rings. The van der Waals surface area contributed by atoms with Gasteiger partial charge < -0.3 is 5.32 Å². The third-order valence-corrected chi connectivity index (χ3v) is 2.53. The molecule has 1 rings (SSSR count). The standard InChI is InChI=1S/C7H13NO/c1-5-4-7(5,8-3)6(2)9/h5,8H,4H2,1-3H3/p+1. The topological polar surface area (TPSA) is 33.7 Å². The second-order valence-corrected chi connectivity index (χ2v) is 2.99. The summed E-state index contributed by atoms with van der Waals surface area (Å²) in [6.45, 7) is 3.81. The zero-order valence-electron chi connectivity index (χ0n) is 6.27. The lowest BCUT2D eigenvalue weighted by atomic mass is 10.1. The van der Waals surface area contributed by atoms with Gasteiger partial charge in [0.15, 0.2) is 11.3 Å². The first-order chi connectivity index (χ1) is 4.13. The van der Waals surface area contributed by atoms with Crippen LogP contribution in [0.3, 0.4) is 0 Å². The van der Waals surface area contributed by atoms with E-state index in [-0.39, 0.29) is 5.54 Å². The Balaban J connectivity index is 2.62. The molecule has 9 heavy (non-hydrogen) atoms. The van der Waals surface area contributed by atoms with E-state index in [1.54, 1.807) is 6.92 Å². The molecule has 2 nitrogen and oxygen atoms in total. The highest BCUT2D eigenvalue weighted by atomic mass is 16.1. The number of carbonyl (C=O) groups excluding carboxylic acids is 1. The maximum Gasteiger partial charge on any atom is 0.190 e. The van der Waals surface area contributed by atoms with E-state index in [0.717, 1.165) is 6.42 Å². The molecule has 0 radical (unpaired) electrons. The van der Waals surface area contributed by atoms with Crippen LogP contribution in [0, 0.1) is 5.92 Å². The summed E-state index contributed by atoms with van der Waals surface area (Å²) < 4.78 is 0. The summed E-state index contributed by atoms with van der Waals surface area (Å²) in [6, 6.07) is 0. The molecule has 1 saturated carbocycles. The van der Waals surface area contributed by atoms with Crippen molar-refractivity contribution in [2.75, 3.05) is 7.05 Å². The van der Waals surface area contributed by atoms with Crippen molar-refractivity contribution >= 4 is 5.78 Å². The van der Waals surface area contributed by atoms with Crippen LogP contribution in [0.1, 0.15) is 20.3 Å². The van der Waals surface area contributed by atoms with Crippen LogP contribution in [0.25, 0.3) is 0 Å². The van der Waals surface area contributed by atoms with Gasteiger partial charge >= 0.3 is 0 Å². The van der Waals surface area contributed by atoms with E-state index < -0.39 is 0 Å². The van der Waals surface area contributed by atoms with Gasteiger partial charge in [-0.05, 0) is 0 Å². The highest BCUT2D eigenvalue weighted by molar-refractivity contribution is 5.87. The van der Waals surface area contributed by atoms with Gasteiger partial charge in [0.25, 0.3) is 0 Å². The van der Waals surface area contributed by atoms with Crippen LogP contribution in [-0.2, 0) is 4.79 Å². The highest BCUT2D eigenvalue weighted by Gasteiger charge is 2.58. The molecule has 0 heterocycles. The quantitative estimate of drug-likeness (QED) is 0.537. The minimum atomic E-state index is -0.0139. The van der Waals surface area contributed by atoms with Gasteiger partial charge in [-0.1, -0.05) is 6.92 Å². The molecule has 0 bridgehead atoms. The van der Waals surface area contributed by atoms with Crippen LogP contribution >= 0.6 is 0 Å². The number of ketones is 1. The minimum Gasteiger partial charge on any atom is -0.337 e. The Hall–Kier alpha value is -0.370. The number of hydrogen-bond acceptors (Lipinski definition) is 1. The van der Waals surface area contributed by atoms with Gasteiger partial charge in [-0.25, -0.2) is 0 Å². The molecule has 1 aliphatic carbocycles. The lowest BCUT2D eigenvalue weighted by Gasteiger charge is -2.05. The van der Waals surface area contributed by atoms with Crippen molar-refractivity contribution in [3.8, 4) is 0 Å². The molecule has 0 aromatic carbocycles. The van der Waals surface area contributed by atoms with E-state index in [0.29, 0.717) is 11.7 Å². The number of rotatable bonds is 2. The van der Waals surface area contributed by atoms with Crippen LogP contribution in [-0.4, -0.2) is 18.4 Å². The first-order valence-electron chi connectivity index (χ1n) is 3.45. The van der Waals surface area contributed by atoms with Crippen molar-refractivity contribution in [1.82, 2.24) is 0 Å². The maximum absolute atomic E-state index is 10.9. The minimum absolute atomic E-state index is 0.0139. The molecule has 0 saturated heterocycles. The molecule has 2 N–H and O–H groups in total. The van der Waals surface area contributed by atoms with Gasteiger partial charge in [-0.3, -0.25) is 4.79 Å². The van der Waals surface area contributed by atoms with Gasteiger partial charge in [0.1, 0.15) is 0 Å². The molecule has 2 unspecified atom stereocenters. The van der Waals surface area contributed by atoms with Crippen molar-refractivity contribution in [1.29, 1.82) is 0 Å². The summed E-state index contributed by atoms with van der Waals surface area (Å²) in [4.78, 5) is 10.9. The maximum atomic E-state index is 10.9. The van der Waals surface area contributed by atoms with E-state index in [1.807, 2.05) is 12.4 Å². The fourth-order valence-corrected chi connectivity index (χ4v) is 1.54.